The molecule has 0 aliphatic carbocycles. The minimum Gasteiger partial charge on any atom is -0.496 e. The van der Waals surface area contributed by atoms with Gasteiger partial charge in [0.1, 0.15) is 5.75 Å². The molecule has 0 bridgehead atoms. The molecule has 2 saturated heterocycles. The molecular weight excluding hydrogens is 260 g/mol. The van der Waals surface area contributed by atoms with Crippen LogP contribution >= 0.6 is 11.6 Å². The zero-order chi connectivity index (χ0) is 13.2. The van der Waals surface area contributed by atoms with Crippen molar-refractivity contribution in [3.05, 3.63) is 28.8 Å². The van der Waals surface area contributed by atoms with Crippen LogP contribution in [0.15, 0.2) is 18.2 Å². The average Bonchev–Trinajstić information content (AvgIpc) is 2.83. The molecule has 2 fully saturated rings. The van der Waals surface area contributed by atoms with Crippen LogP contribution in [-0.4, -0.2) is 37.7 Å². The van der Waals surface area contributed by atoms with Gasteiger partial charge in [0, 0.05) is 36.3 Å². The number of nitrogens with one attached hydrogen (secondary N) is 1. The number of methoxy groups -OCH3 is 1. The normalized spacial score (nSPS) is 27.3. The number of hydrogen-bond donors (Lipinski definition) is 1. The molecule has 0 saturated carbocycles. The molecule has 1 N–H and O–H groups in total. The molecule has 1 aromatic carbocycles. The van der Waals surface area contributed by atoms with Gasteiger partial charge in [0.2, 0.25) is 0 Å². The lowest BCUT2D eigenvalue weighted by Gasteiger charge is -2.24. The number of piperidine rings is 1. The van der Waals surface area contributed by atoms with Gasteiger partial charge in [-0.05, 0) is 37.4 Å². The van der Waals surface area contributed by atoms with Crippen molar-refractivity contribution in [3.63, 3.8) is 0 Å². The number of rotatable bonds is 3. The van der Waals surface area contributed by atoms with Gasteiger partial charge >= 0.3 is 0 Å². The fraction of sp³-hybridized carbons (Fsp3) is 0.600. The lowest BCUT2D eigenvalue weighted by Crippen LogP contribution is -2.40. The van der Waals surface area contributed by atoms with E-state index in [1.54, 1.807) is 7.11 Å². The van der Waals surface area contributed by atoms with Gasteiger partial charge in [0.25, 0.3) is 0 Å². The molecule has 1 aromatic rings. The summed E-state index contributed by atoms with van der Waals surface area (Å²) in [6, 6.07) is 6.54. The maximum Gasteiger partial charge on any atom is 0.124 e. The Labute approximate surface area is 119 Å². The molecule has 104 valence electrons. The molecule has 2 aliphatic heterocycles. The lowest BCUT2D eigenvalue weighted by molar-refractivity contribution is 0.305. The number of halogens is 1. The molecule has 0 amide bonds. The van der Waals surface area contributed by atoms with Crippen LogP contribution in [-0.2, 0) is 6.54 Å². The second-order valence-electron chi connectivity index (χ2n) is 5.58. The molecule has 2 aliphatic rings. The van der Waals surface area contributed by atoms with Crippen LogP contribution in [0.1, 0.15) is 18.4 Å². The highest BCUT2D eigenvalue weighted by molar-refractivity contribution is 6.31. The Bertz CT molecular complexity index is 438. The SMILES string of the molecule is COc1cccc(Cl)c1CN1C[C@@H]2CCCN[C@@H]2C1. The second-order valence-corrected chi connectivity index (χ2v) is 5.98. The summed E-state index contributed by atoms with van der Waals surface area (Å²) in [6.07, 6.45) is 2.66. The number of likely N-dealkylation sites (tertiary alicyclic amines) is 1. The summed E-state index contributed by atoms with van der Waals surface area (Å²) in [5.41, 5.74) is 1.12. The number of benzene rings is 1. The summed E-state index contributed by atoms with van der Waals surface area (Å²) in [5, 5.41) is 4.44. The monoisotopic (exact) mass is 280 g/mol. The second kappa shape index (κ2) is 5.70. The summed E-state index contributed by atoms with van der Waals surface area (Å²) in [7, 11) is 1.71. The van der Waals surface area contributed by atoms with E-state index in [2.05, 4.69) is 10.2 Å². The largest absolute Gasteiger partial charge is 0.496 e. The molecule has 0 radical (unpaired) electrons. The maximum atomic E-state index is 6.32. The summed E-state index contributed by atoms with van der Waals surface area (Å²) in [4.78, 5) is 2.50. The van der Waals surface area contributed by atoms with Gasteiger partial charge in [0.15, 0.2) is 0 Å². The quantitative estimate of drug-likeness (QED) is 0.921. The van der Waals surface area contributed by atoms with E-state index in [9.17, 15) is 0 Å². The van der Waals surface area contributed by atoms with Crippen LogP contribution in [0.5, 0.6) is 5.75 Å². The molecule has 3 rings (SSSR count). The highest BCUT2D eigenvalue weighted by Crippen LogP contribution is 2.31. The zero-order valence-electron chi connectivity index (χ0n) is 11.4. The first-order chi connectivity index (χ1) is 9.28. The molecule has 2 atom stereocenters. The van der Waals surface area contributed by atoms with E-state index >= 15 is 0 Å². The van der Waals surface area contributed by atoms with Gasteiger partial charge in [-0.25, -0.2) is 0 Å². The van der Waals surface area contributed by atoms with Gasteiger partial charge in [-0.1, -0.05) is 17.7 Å². The molecular formula is C15H21ClN2O. The van der Waals surface area contributed by atoms with Gasteiger partial charge in [-0.15, -0.1) is 0 Å². The fourth-order valence-corrected chi connectivity index (χ4v) is 3.60. The number of nitrogens with zero attached hydrogens (tertiary/aromatic N) is 1. The Hall–Kier alpha value is -0.770. The van der Waals surface area contributed by atoms with Crippen LogP contribution < -0.4 is 10.1 Å². The topological polar surface area (TPSA) is 24.5 Å². The predicted molar refractivity (Wildman–Crippen MR) is 77.8 cm³/mol. The van der Waals surface area contributed by atoms with Crippen molar-refractivity contribution in [2.75, 3.05) is 26.7 Å². The third-order valence-electron chi connectivity index (χ3n) is 4.35. The van der Waals surface area contributed by atoms with Crippen molar-refractivity contribution in [3.8, 4) is 5.75 Å². The molecule has 3 nitrogen and oxygen atoms in total. The zero-order valence-corrected chi connectivity index (χ0v) is 12.1. The molecule has 0 spiro atoms. The van der Waals surface area contributed by atoms with Crippen molar-refractivity contribution in [2.24, 2.45) is 5.92 Å². The Morgan fingerprint density at radius 1 is 1.42 bits per heavy atom. The first kappa shape index (κ1) is 13.2. The Balaban J connectivity index is 1.72. The summed E-state index contributed by atoms with van der Waals surface area (Å²) < 4.78 is 5.43. The number of hydrogen-bond acceptors (Lipinski definition) is 3. The molecule has 0 aromatic heterocycles. The predicted octanol–water partition coefficient (Wildman–Crippen LogP) is 2.53. The standard InChI is InChI=1S/C15H21ClN2O/c1-19-15-6-2-5-13(16)12(15)9-18-8-11-4-3-7-17-14(11)10-18/h2,5-6,11,14,17H,3-4,7-10H2,1H3/t11-,14+/m0/s1. The smallest absolute Gasteiger partial charge is 0.124 e. The van der Waals surface area contributed by atoms with Crippen molar-refractivity contribution >= 4 is 11.6 Å². The summed E-state index contributed by atoms with van der Waals surface area (Å²) in [5.74, 6) is 1.71. The Morgan fingerprint density at radius 3 is 3.11 bits per heavy atom. The fourth-order valence-electron chi connectivity index (χ4n) is 3.37. The van der Waals surface area contributed by atoms with Crippen LogP contribution in [0.25, 0.3) is 0 Å². The number of fused-ring (bicyclic) bond motifs is 1. The summed E-state index contributed by atoms with van der Waals surface area (Å²) in [6.45, 7) is 4.35. The van der Waals surface area contributed by atoms with E-state index in [1.165, 1.54) is 25.9 Å². The van der Waals surface area contributed by atoms with Gasteiger partial charge in [-0.3, -0.25) is 4.90 Å². The molecule has 0 unspecified atom stereocenters. The van der Waals surface area contributed by atoms with Crippen molar-refractivity contribution < 1.29 is 4.74 Å². The summed E-state index contributed by atoms with van der Waals surface area (Å²) >= 11 is 6.32. The maximum absolute atomic E-state index is 6.32. The van der Waals surface area contributed by atoms with E-state index in [0.717, 1.165) is 35.3 Å². The first-order valence-electron chi connectivity index (χ1n) is 7.05. The molecule has 4 heteroatoms. The van der Waals surface area contributed by atoms with E-state index in [-0.39, 0.29) is 0 Å². The van der Waals surface area contributed by atoms with Crippen molar-refractivity contribution in [2.45, 2.75) is 25.4 Å². The lowest BCUT2D eigenvalue weighted by atomic mass is 9.94. The minimum atomic E-state index is 0.669. The third kappa shape index (κ3) is 2.73. The highest BCUT2D eigenvalue weighted by atomic mass is 35.5. The van der Waals surface area contributed by atoms with Crippen LogP contribution in [0.2, 0.25) is 5.02 Å². The first-order valence-corrected chi connectivity index (χ1v) is 7.43. The van der Waals surface area contributed by atoms with Crippen LogP contribution in [0.4, 0.5) is 0 Å². The van der Waals surface area contributed by atoms with Crippen molar-refractivity contribution in [1.29, 1.82) is 0 Å². The van der Waals surface area contributed by atoms with Gasteiger partial charge in [-0.2, -0.15) is 0 Å². The van der Waals surface area contributed by atoms with E-state index in [1.807, 2.05) is 18.2 Å². The minimum absolute atomic E-state index is 0.669. The van der Waals surface area contributed by atoms with Gasteiger partial charge in [0.05, 0.1) is 7.11 Å². The third-order valence-corrected chi connectivity index (χ3v) is 4.71. The Kier molecular flexibility index (Phi) is 3.96. The number of ether oxygens (including phenoxy) is 1. The van der Waals surface area contributed by atoms with Crippen LogP contribution in [0, 0.1) is 5.92 Å². The van der Waals surface area contributed by atoms with E-state index in [4.69, 9.17) is 16.3 Å². The Morgan fingerprint density at radius 2 is 2.32 bits per heavy atom. The molecule has 2 heterocycles. The molecule has 19 heavy (non-hydrogen) atoms. The van der Waals surface area contributed by atoms with E-state index in [0.29, 0.717) is 6.04 Å². The highest BCUT2D eigenvalue weighted by Gasteiger charge is 2.34. The van der Waals surface area contributed by atoms with Crippen LogP contribution in [0.3, 0.4) is 0 Å². The van der Waals surface area contributed by atoms with E-state index < -0.39 is 0 Å². The average molecular weight is 281 g/mol. The van der Waals surface area contributed by atoms with Gasteiger partial charge < -0.3 is 10.1 Å². The van der Waals surface area contributed by atoms with Crippen molar-refractivity contribution in [1.82, 2.24) is 10.2 Å².